The molecule has 1 atom stereocenters. The van der Waals surface area contributed by atoms with Gasteiger partial charge in [-0.25, -0.2) is 4.98 Å². The highest BCUT2D eigenvalue weighted by Crippen LogP contribution is 2.30. The van der Waals surface area contributed by atoms with Crippen LogP contribution in [-0.2, 0) is 12.8 Å². The van der Waals surface area contributed by atoms with Crippen molar-refractivity contribution in [2.75, 3.05) is 31.6 Å². The summed E-state index contributed by atoms with van der Waals surface area (Å²) in [5, 5.41) is 3.22. The van der Waals surface area contributed by atoms with Gasteiger partial charge in [0.05, 0.1) is 5.56 Å². The molecule has 108 valence electrons. The van der Waals surface area contributed by atoms with Crippen molar-refractivity contribution in [3.63, 3.8) is 0 Å². The lowest BCUT2D eigenvalue weighted by atomic mass is 10.1. The lowest BCUT2D eigenvalue weighted by Crippen LogP contribution is -2.28. The van der Waals surface area contributed by atoms with Crippen LogP contribution in [-0.4, -0.2) is 37.6 Å². The molecule has 1 saturated heterocycles. The van der Waals surface area contributed by atoms with E-state index in [0.717, 1.165) is 56.8 Å². The average Bonchev–Trinajstić information content (AvgIpc) is 3.05. The van der Waals surface area contributed by atoms with Crippen molar-refractivity contribution in [3.05, 3.63) is 22.9 Å². The minimum Gasteiger partial charge on any atom is -0.365 e. The van der Waals surface area contributed by atoms with Crippen LogP contribution in [0.3, 0.4) is 0 Å². The molecule has 3 N–H and O–H groups in total. The van der Waals surface area contributed by atoms with Gasteiger partial charge in [-0.3, -0.25) is 4.79 Å². The summed E-state index contributed by atoms with van der Waals surface area (Å²) in [6.07, 6.45) is 4.31. The van der Waals surface area contributed by atoms with Crippen molar-refractivity contribution >= 4 is 11.7 Å². The van der Waals surface area contributed by atoms with Crippen LogP contribution >= 0.6 is 0 Å². The second-order valence-corrected chi connectivity index (χ2v) is 5.84. The lowest BCUT2D eigenvalue weighted by molar-refractivity contribution is 0.100. The van der Waals surface area contributed by atoms with Gasteiger partial charge in [-0.1, -0.05) is 0 Å². The van der Waals surface area contributed by atoms with Crippen LogP contribution in [0.25, 0.3) is 0 Å². The predicted molar refractivity (Wildman–Crippen MR) is 79.0 cm³/mol. The van der Waals surface area contributed by atoms with Crippen LogP contribution in [0.2, 0.25) is 0 Å². The third-order valence-electron chi connectivity index (χ3n) is 4.37. The van der Waals surface area contributed by atoms with Crippen LogP contribution in [0.4, 0.5) is 5.82 Å². The van der Waals surface area contributed by atoms with Gasteiger partial charge in [0.15, 0.2) is 0 Å². The Morgan fingerprint density at radius 2 is 2.40 bits per heavy atom. The van der Waals surface area contributed by atoms with Crippen molar-refractivity contribution in [1.82, 2.24) is 10.3 Å². The van der Waals surface area contributed by atoms with E-state index < -0.39 is 0 Å². The highest BCUT2D eigenvalue weighted by molar-refractivity contribution is 5.98. The number of aromatic nitrogens is 1. The fourth-order valence-corrected chi connectivity index (χ4v) is 3.36. The summed E-state index contributed by atoms with van der Waals surface area (Å²) >= 11 is 0. The summed E-state index contributed by atoms with van der Waals surface area (Å²) in [6.45, 7) is 2.92. The topological polar surface area (TPSA) is 71.2 Å². The molecule has 0 spiro atoms. The van der Waals surface area contributed by atoms with Gasteiger partial charge in [0, 0.05) is 18.8 Å². The first-order valence-corrected chi connectivity index (χ1v) is 7.41. The van der Waals surface area contributed by atoms with Gasteiger partial charge in [0.2, 0.25) is 0 Å². The first-order chi connectivity index (χ1) is 9.69. The van der Waals surface area contributed by atoms with Crippen molar-refractivity contribution in [2.45, 2.75) is 25.7 Å². The molecule has 20 heavy (non-hydrogen) atoms. The zero-order valence-electron chi connectivity index (χ0n) is 12.0. The molecule has 2 aliphatic rings. The number of amides is 1. The second kappa shape index (κ2) is 5.40. The molecule has 1 aromatic heterocycles. The number of hydrogen-bond acceptors (Lipinski definition) is 4. The van der Waals surface area contributed by atoms with Gasteiger partial charge in [-0.05, 0) is 56.8 Å². The number of nitrogens with one attached hydrogen (secondary N) is 1. The molecular formula is C15H22N4O. The Hall–Kier alpha value is -1.62. The molecule has 3 rings (SSSR count). The van der Waals surface area contributed by atoms with Crippen LogP contribution in [0.5, 0.6) is 0 Å². The smallest absolute Gasteiger partial charge is 0.252 e. The van der Waals surface area contributed by atoms with Crippen molar-refractivity contribution in [1.29, 1.82) is 0 Å². The highest BCUT2D eigenvalue weighted by Gasteiger charge is 2.28. The number of rotatable bonds is 4. The third kappa shape index (κ3) is 2.38. The predicted octanol–water partition coefficient (Wildman–Crippen LogP) is 0.715. The molecule has 1 amide bonds. The van der Waals surface area contributed by atoms with E-state index in [1.807, 2.05) is 13.1 Å². The monoisotopic (exact) mass is 274 g/mol. The minimum absolute atomic E-state index is 0.362. The lowest BCUT2D eigenvalue weighted by Gasteiger charge is -2.21. The number of nitrogens with zero attached hydrogens (tertiary/aromatic N) is 2. The normalized spacial score (nSPS) is 21.2. The van der Waals surface area contributed by atoms with E-state index in [9.17, 15) is 4.79 Å². The Balaban J connectivity index is 1.90. The number of fused-ring (bicyclic) bond motifs is 1. The summed E-state index contributed by atoms with van der Waals surface area (Å²) in [5.74, 6) is 1.06. The zero-order chi connectivity index (χ0) is 14.1. The van der Waals surface area contributed by atoms with Crippen molar-refractivity contribution < 1.29 is 4.79 Å². The number of aryl methyl sites for hydroxylation is 2. The molecule has 0 bridgehead atoms. The Kier molecular flexibility index (Phi) is 3.61. The maximum atomic E-state index is 11.7. The third-order valence-corrected chi connectivity index (χ3v) is 4.37. The van der Waals surface area contributed by atoms with Crippen LogP contribution in [0.15, 0.2) is 6.07 Å². The summed E-state index contributed by atoms with van der Waals surface area (Å²) in [7, 11) is 1.98. The maximum absolute atomic E-state index is 11.7. The molecule has 0 radical (unpaired) electrons. The van der Waals surface area contributed by atoms with E-state index >= 15 is 0 Å². The quantitative estimate of drug-likeness (QED) is 0.848. The first-order valence-electron chi connectivity index (χ1n) is 7.41. The second-order valence-electron chi connectivity index (χ2n) is 5.84. The number of anilines is 1. The Labute approximate surface area is 119 Å². The highest BCUT2D eigenvalue weighted by atomic mass is 16.1. The van der Waals surface area contributed by atoms with Gasteiger partial charge in [-0.15, -0.1) is 0 Å². The molecule has 1 aromatic rings. The summed E-state index contributed by atoms with van der Waals surface area (Å²) in [5.41, 5.74) is 8.50. The molecule has 1 fully saturated rings. The van der Waals surface area contributed by atoms with Gasteiger partial charge >= 0.3 is 0 Å². The number of hydrogen-bond donors (Lipinski definition) is 2. The molecule has 1 unspecified atom stereocenters. The molecule has 5 heteroatoms. The van der Waals surface area contributed by atoms with Crippen molar-refractivity contribution in [3.8, 4) is 0 Å². The van der Waals surface area contributed by atoms with Gasteiger partial charge in [0.1, 0.15) is 5.82 Å². The number of carbonyl (C=O) groups is 1. The fraction of sp³-hybridized carbons (Fsp3) is 0.600. The standard InChI is InChI=1S/C15H22N4O/c1-17-8-10-5-6-19(9-10)15-12(14(16)20)7-11-3-2-4-13(11)18-15/h7,10,17H,2-6,8-9H2,1H3,(H2,16,20). The molecule has 1 aliphatic carbocycles. The SMILES string of the molecule is CNCC1CCN(c2nc3c(cc2C(N)=O)CCC3)C1. The Morgan fingerprint density at radius 3 is 3.15 bits per heavy atom. The minimum atomic E-state index is -0.362. The van der Waals surface area contributed by atoms with Crippen LogP contribution in [0.1, 0.15) is 34.5 Å². The summed E-state index contributed by atoms with van der Waals surface area (Å²) < 4.78 is 0. The van der Waals surface area contributed by atoms with Crippen LogP contribution < -0.4 is 16.0 Å². The average molecular weight is 274 g/mol. The first kappa shape index (κ1) is 13.4. The van der Waals surface area contributed by atoms with E-state index in [-0.39, 0.29) is 5.91 Å². The van der Waals surface area contributed by atoms with E-state index in [1.54, 1.807) is 0 Å². The van der Waals surface area contributed by atoms with Gasteiger partial charge < -0.3 is 16.0 Å². The summed E-state index contributed by atoms with van der Waals surface area (Å²) in [6, 6.07) is 1.97. The zero-order valence-corrected chi connectivity index (χ0v) is 12.0. The number of primary amides is 1. The Morgan fingerprint density at radius 1 is 1.55 bits per heavy atom. The number of carbonyl (C=O) groups excluding carboxylic acids is 1. The molecule has 2 heterocycles. The molecule has 0 saturated carbocycles. The van der Waals surface area contributed by atoms with E-state index in [4.69, 9.17) is 10.7 Å². The summed E-state index contributed by atoms with van der Waals surface area (Å²) in [4.78, 5) is 18.7. The van der Waals surface area contributed by atoms with Gasteiger partial charge in [0.25, 0.3) is 5.91 Å². The molecule has 0 aromatic carbocycles. The van der Waals surface area contributed by atoms with Gasteiger partial charge in [-0.2, -0.15) is 0 Å². The maximum Gasteiger partial charge on any atom is 0.252 e. The van der Waals surface area contributed by atoms with E-state index in [1.165, 1.54) is 5.56 Å². The largest absolute Gasteiger partial charge is 0.365 e. The molecular weight excluding hydrogens is 252 g/mol. The van der Waals surface area contributed by atoms with Crippen LogP contribution in [0, 0.1) is 5.92 Å². The van der Waals surface area contributed by atoms with E-state index in [0.29, 0.717) is 11.5 Å². The van der Waals surface area contributed by atoms with E-state index in [2.05, 4.69) is 10.2 Å². The number of nitrogens with two attached hydrogens (primary N) is 1. The Bertz CT molecular complexity index is 529. The van der Waals surface area contributed by atoms with Crippen molar-refractivity contribution in [2.24, 2.45) is 11.7 Å². The number of pyridine rings is 1. The molecule has 1 aliphatic heterocycles. The fourth-order valence-electron chi connectivity index (χ4n) is 3.36. The molecule has 5 nitrogen and oxygen atoms in total.